The van der Waals surface area contributed by atoms with Gasteiger partial charge in [-0.1, -0.05) is 0 Å². The van der Waals surface area contributed by atoms with Crippen LogP contribution in [0.3, 0.4) is 0 Å². The number of hydrogen-bond donors (Lipinski definition) is 4. The van der Waals surface area contributed by atoms with Crippen LogP contribution in [0.2, 0.25) is 0 Å². The number of fused-ring (bicyclic) bond motifs is 1. The molecular weight excluding hydrogens is 405 g/mol. The molecule has 10 heteroatoms. The average Bonchev–Trinajstić information content (AvgIpc) is 2.85. The van der Waals surface area contributed by atoms with Crippen LogP contribution >= 0.6 is 22.6 Å². The zero-order valence-corrected chi connectivity index (χ0v) is 13.7. The summed E-state index contributed by atoms with van der Waals surface area (Å²) >= 11 is 1.99. The predicted octanol–water partition coefficient (Wildman–Crippen LogP) is -0.773. The van der Waals surface area contributed by atoms with Crippen LogP contribution in [-0.2, 0) is 4.74 Å². The van der Waals surface area contributed by atoms with Crippen LogP contribution in [0, 0.1) is 3.83 Å². The smallest absolute Gasteiger partial charge is 0.194 e. The van der Waals surface area contributed by atoms with E-state index in [0.29, 0.717) is 27.2 Å². The number of hydrogen-bond acceptors (Lipinski definition) is 8. The first-order valence-corrected chi connectivity index (χ1v) is 7.85. The maximum Gasteiger partial charge on any atom is 0.194 e. The first kappa shape index (κ1) is 14.5. The molecule has 1 aliphatic heterocycles. The SMILES string of the molecule is CNc1nc(I)nc2c1ncn2[C@@H]1OC2(C[C@H]2O)[C@@H](O)[C@H]1O. The molecule has 0 bridgehead atoms. The molecule has 1 aliphatic carbocycles. The molecule has 2 aromatic heterocycles. The minimum atomic E-state index is -1.17. The van der Waals surface area contributed by atoms with E-state index in [1.54, 1.807) is 11.6 Å². The van der Waals surface area contributed by atoms with Gasteiger partial charge in [0.05, 0.1) is 12.4 Å². The molecule has 3 heterocycles. The van der Waals surface area contributed by atoms with Crippen LogP contribution in [0.25, 0.3) is 11.2 Å². The van der Waals surface area contributed by atoms with Crippen LogP contribution in [0.5, 0.6) is 0 Å². The van der Waals surface area contributed by atoms with Gasteiger partial charge >= 0.3 is 0 Å². The summed E-state index contributed by atoms with van der Waals surface area (Å²) in [4.78, 5) is 12.8. The summed E-state index contributed by atoms with van der Waals surface area (Å²) in [5.41, 5.74) is -0.0372. The first-order chi connectivity index (χ1) is 10.5. The number of rotatable bonds is 2. The molecule has 1 saturated heterocycles. The van der Waals surface area contributed by atoms with Crippen LogP contribution < -0.4 is 5.32 Å². The fourth-order valence-electron chi connectivity index (χ4n) is 2.97. The van der Waals surface area contributed by atoms with Crippen molar-refractivity contribution in [1.82, 2.24) is 19.5 Å². The minimum absolute atomic E-state index is 0.308. The molecule has 4 rings (SSSR count). The highest BCUT2D eigenvalue weighted by atomic mass is 127. The van der Waals surface area contributed by atoms with Gasteiger partial charge in [0.1, 0.15) is 17.8 Å². The Morgan fingerprint density at radius 3 is 2.73 bits per heavy atom. The number of aliphatic hydroxyl groups is 3. The Hall–Kier alpha value is -1.08. The molecule has 2 aliphatic rings. The predicted molar refractivity (Wildman–Crippen MR) is 83.1 cm³/mol. The van der Waals surface area contributed by atoms with Gasteiger partial charge in [0.15, 0.2) is 27.0 Å². The molecular formula is C12H14IN5O4. The van der Waals surface area contributed by atoms with Crippen LogP contribution in [0.15, 0.2) is 6.33 Å². The van der Waals surface area contributed by atoms with Crippen molar-refractivity contribution in [2.75, 3.05) is 12.4 Å². The number of imidazole rings is 1. The van der Waals surface area contributed by atoms with Crippen molar-refractivity contribution in [3.63, 3.8) is 0 Å². The van der Waals surface area contributed by atoms with Crippen LogP contribution in [0.1, 0.15) is 12.6 Å². The highest BCUT2D eigenvalue weighted by Gasteiger charge is 2.69. The Labute approximate surface area is 138 Å². The number of ether oxygens (including phenoxy) is 1. The monoisotopic (exact) mass is 419 g/mol. The molecule has 2 fully saturated rings. The fourth-order valence-corrected chi connectivity index (χ4v) is 3.44. The Morgan fingerprint density at radius 2 is 2.14 bits per heavy atom. The summed E-state index contributed by atoms with van der Waals surface area (Å²) in [6, 6.07) is 0. The standard InChI is InChI=1S/C12H14IN5O4/c1-14-8-5-9(17-11(13)16-8)18(3-15-5)10-6(20)7(21)12(22-10)2-4(12)19/h3-4,6-7,10,19-21H,2H2,1H3,(H,14,16,17)/t4-,6-,7+,10-,12?/m1/s1. The van der Waals surface area contributed by atoms with E-state index in [1.807, 2.05) is 22.6 Å². The highest BCUT2D eigenvalue weighted by Crippen LogP contribution is 2.53. The molecule has 5 atom stereocenters. The van der Waals surface area contributed by atoms with Gasteiger partial charge in [-0.2, -0.15) is 0 Å². The largest absolute Gasteiger partial charge is 0.390 e. The normalized spacial score (nSPS) is 37.1. The average molecular weight is 419 g/mol. The van der Waals surface area contributed by atoms with E-state index in [0.717, 1.165) is 0 Å². The fraction of sp³-hybridized carbons (Fsp3) is 0.583. The molecule has 0 amide bonds. The van der Waals surface area contributed by atoms with Gasteiger partial charge in [-0.05, 0) is 0 Å². The minimum Gasteiger partial charge on any atom is -0.390 e. The maximum atomic E-state index is 10.3. The topological polar surface area (TPSA) is 126 Å². The van der Waals surface area contributed by atoms with Crippen molar-refractivity contribution < 1.29 is 20.1 Å². The second kappa shape index (κ2) is 4.71. The van der Waals surface area contributed by atoms with Crippen LogP contribution in [-0.4, -0.2) is 65.8 Å². The molecule has 9 nitrogen and oxygen atoms in total. The van der Waals surface area contributed by atoms with Gasteiger partial charge in [0, 0.05) is 36.1 Å². The number of halogens is 1. The molecule has 0 radical (unpaired) electrons. The number of nitrogens with one attached hydrogen (secondary N) is 1. The number of anilines is 1. The van der Waals surface area contributed by atoms with Crippen molar-refractivity contribution in [3.05, 3.63) is 10.2 Å². The number of aliphatic hydroxyl groups excluding tert-OH is 3. The maximum absolute atomic E-state index is 10.3. The summed E-state index contributed by atoms with van der Waals surface area (Å²) < 4.78 is 7.83. The molecule has 2 aromatic rings. The lowest BCUT2D eigenvalue weighted by atomic mass is 10.1. The van der Waals surface area contributed by atoms with Crippen molar-refractivity contribution >= 4 is 39.6 Å². The van der Waals surface area contributed by atoms with E-state index >= 15 is 0 Å². The zero-order chi connectivity index (χ0) is 15.6. The van der Waals surface area contributed by atoms with Gasteiger partial charge in [-0.15, -0.1) is 0 Å². The molecule has 22 heavy (non-hydrogen) atoms. The van der Waals surface area contributed by atoms with Crippen molar-refractivity contribution in [1.29, 1.82) is 0 Å². The third kappa shape index (κ3) is 1.81. The van der Waals surface area contributed by atoms with Gasteiger partial charge < -0.3 is 25.4 Å². The molecule has 1 unspecified atom stereocenters. The van der Waals surface area contributed by atoms with E-state index in [-0.39, 0.29) is 0 Å². The second-order valence-electron chi connectivity index (χ2n) is 5.53. The van der Waals surface area contributed by atoms with Crippen molar-refractivity contribution in [2.45, 2.75) is 36.6 Å². The van der Waals surface area contributed by atoms with E-state index in [1.165, 1.54) is 6.33 Å². The van der Waals surface area contributed by atoms with E-state index in [2.05, 4.69) is 20.3 Å². The van der Waals surface area contributed by atoms with E-state index in [4.69, 9.17) is 4.74 Å². The lowest BCUT2D eigenvalue weighted by Crippen LogP contribution is -2.34. The van der Waals surface area contributed by atoms with E-state index < -0.39 is 30.1 Å². The van der Waals surface area contributed by atoms with Gasteiger partial charge in [-0.3, -0.25) is 4.57 Å². The van der Waals surface area contributed by atoms with Crippen molar-refractivity contribution in [2.24, 2.45) is 0 Å². The van der Waals surface area contributed by atoms with Crippen LogP contribution in [0.4, 0.5) is 5.82 Å². The molecule has 4 N–H and O–H groups in total. The summed E-state index contributed by atoms with van der Waals surface area (Å²) in [7, 11) is 1.73. The first-order valence-electron chi connectivity index (χ1n) is 6.78. The lowest BCUT2D eigenvalue weighted by Gasteiger charge is -2.16. The summed E-state index contributed by atoms with van der Waals surface area (Å²) in [6.07, 6.45) is -2.13. The lowest BCUT2D eigenvalue weighted by molar-refractivity contribution is -0.0633. The van der Waals surface area contributed by atoms with Gasteiger partial charge in [0.25, 0.3) is 0 Å². The Balaban J connectivity index is 1.81. The third-order valence-electron chi connectivity index (χ3n) is 4.28. The van der Waals surface area contributed by atoms with E-state index in [9.17, 15) is 15.3 Å². The highest BCUT2D eigenvalue weighted by molar-refractivity contribution is 14.1. The molecule has 0 aromatic carbocycles. The van der Waals surface area contributed by atoms with Gasteiger partial charge in [-0.25, -0.2) is 15.0 Å². The summed E-state index contributed by atoms with van der Waals surface area (Å²) in [5, 5.41) is 33.1. The Morgan fingerprint density at radius 1 is 1.41 bits per heavy atom. The second-order valence-corrected chi connectivity index (χ2v) is 6.50. The number of nitrogens with zero attached hydrogens (tertiary/aromatic N) is 4. The molecule has 118 valence electrons. The molecule has 1 spiro atoms. The summed E-state index contributed by atoms with van der Waals surface area (Å²) in [5.74, 6) is 0.572. The molecule has 1 saturated carbocycles. The quantitative estimate of drug-likeness (QED) is 0.370. The van der Waals surface area contributed by atoms with Crippen molar-refractivity contribution in [3.8, 4) is 0 Å². The summed E-state index contributed by atoms with van der Waals surface area (Å²) in [6.45, 7) is 0. The zero-order valence-electron chi connectivity index (χ0n) is 11.5. The number of aromatic nitrogens is 4. The third-order valence-corrected chi connectivity index (χ3v) is 4.76. The van der Waals surface area contributed by atoms with Gasteiger partial charge in [0.2, 0.25) is 0 Å². The Bertz CT molecular complexity index is 754. The Kier molecular flexibility index (Phi) is 3.10.